The standard InChI is InChI=1S/C23H20F2N4O2S/c1-27-17-9-11-18(12-10-17)29-22(16-7-13-19(14-8-16)32(26,30)31)20(21(28-29)23(24)25)15-5-3-2-4-6-15/h2-14,23,27H,1H3,(H2,26,30,31). The van der Waals surface area contributed by atoms with Gasteiger partial charge in [-0.15, -0.1) is 0 Å². The van der Waals surface area contributed by atoms with Crippen molar-refractivity contribution >= 4 is 15.7 Å². The number of alkyl halides is 2. The van der Waals surface area contributed by atoms with E-state index in [1.807, 2.05) is 12.1 Å². The van der Waals surface area contributed by atoms with Crippen molar-refractivity contribution < 1.29 is 17.2 Å². The molecule has 0 amide bonds. The first kappa shape index (κ1) is 21.7. The summed E-state index contributed by atoms with van der Waals surface area (Å²) in [5.41, 5.74) is 2.88. The van der Waals surface area contributed by atoms with E-state index in [0.717, 1.165) is 5.69 Å². The van der Waals surface area contributed by atoms with E-state index >= 15 is 0 Å². The Morgan fingerprint density at radius 3 is 2.06 bits per heavy atom. The highest BCUT2D eigenvalue weighted by Crippen LogP contribution is 2.40. The van der Waals surface area contributed by atoms with E-state index in [4.69, 9.17) is 5.14 Å². The topological polar surface area (TPSA) is 90.0 Å². The molecule has 0 saturated heterocycles. The predicted molar refractivity (Wildman–Crippen MR) is 120 cm³/mol. The summed E-state index contributed by atoms with van der Waals surface area (Å²) >= 11 is 0. The van der Waals surface area contributed by atoms with Crippen molar-refractivity contribution in [3.63, 3.8) is 0 Å². The second-order valence-corrected chi connectivity index (χ2v) is 8.62. The molecule has 0 radical (unpaired) electrons. The van der Waals surface area contributed by atoms with Crippen molar-refractivity contribution in [2.45, 2.75) is 11.3 Å². The van der Waals surface area contributed by atoms with Gasteiger partial charge < -0.3 is 5.32 Å². The van der Waals surface area contributed by atoms with Crippen LogP contribution in [0.5, 0.6) is 0 Å². The van der Waals surface area contributed by atoms with Gasteiger partial charge in [0, 0.05) is 23.9 Å². The summed E-state index contributed by atoms with van der Waals surface area (Å²) in [6.07, 6.45) is -2.81. The third-order valence-corrected chi connectivity index (χ3v) is 5.97. The Bertz CT molecular complexity index is 1340. The number of sulfonamides is 1. The predicted octanol–water partition coefficient (Wildman–Crippen LogP) is 4.83. The molecule has 0 aliphatic rings. The first-order valence-electron chi connectivity index (χ1n) is 9.67. The largest absolute Gasteiger partial charge is 0.388 e. The zero-order valence-corrected chi connectivity index (χ0v) is 17.9. The van der Waals surface area contributed by atoms with Crippen LogP contribution in [0.3, 0.4) is 0 Å². The van der Waals surface area contributed by atoms with Crippen molar-refractivity contribution in [2.75, 3.05) is 12.4 Å². The van der Waals surface area contributed by atoms with Crippen LogP contribution in [0.1, 0.15) is 12.1 Å². The van der Waals surface area contributed by atoms with Crippen LogP contribution in [0, 0.1) is 0 Å². The minimum Gasteiger partial charge on any atom is -0.388 e. The number of halogens is 2. The van der Waals surface area contributed by atoms with Crippen LogP contribution in [-0.2, 0) is 10.0 Å². The molecule has 9 heteroatoms. The lowest BCUT2D eigenvalue weighted by molar-refractivity contribution is 0.146. The fraction of sp³-hybridized carbons (Fsp3) is 0.0870. The number of aromatic nitrogens is 2. The monoisotopic (exact) mass is 454 g/mol. The fourth-order valence-electron chi connectivity index (χ4n) is 3.50. The summed E-state index contributed by atoms with van der Waals surface area (Å²) < 4.78 is 53.0. The van der Waals surface area contributed by atoms with Gasteiger partial charge in [-0.1, -0.05) is 42.5 Å². The van der Waals surface area contributed by atoms with E-state index in [-0.39, 0.29) is 16.2 Å². The molecule has 0 aliphatic heterocycles. The number of nitrogens with one attached hydrogen (secondary N) is 1. The molecule has 0 aliphatic carbocycles. The third-order valence-electron chi connectivity index (χ3n) is 5.04. The van der Waals surface area contributed by atoms with Gasteiger partial charge in [-0.3, -0.25) is 0 Å². The lowest BCUT2D eigenvalue weighted by Gasteiger charge is -2.12. The maximum absolute atomic E-state index is 14.1. The fourth-order valence-corrected chi connectivity index (χ4v) is 4.02. The van der Waals surface area contributed by atoms with Crippen LogP contribution < -0.4 is 10.5 Å². The van der Waals surface area contributed by atoms with E-state index in [2.05, 4.69) is 10.4 Å². The molecule has 6 nitrogen and oxygen atoms in total. The third kappa shape index (κ3) is 4.12. The van der Waals surface area contributed by atoms with Crippen molar-refractivity contribution in [2.24, 2.45) is 5.14 Å². The lowest BCUT2D eigenvalue weighted by atomic mass is 9.98. The zero-order valence-electron chi connectivity index (χ0n) is 17.0. The van der Waals surface area contributed by atoms with Gasteiger partial charge in [0.15, 0.2) is 0 Å². The summed E-state index contributed by atoms with van der Waals surface area (Å²) in [5.74, 6) is 0. The minimum absolute atomic E-state index is 0.0685. The highest BCUT2D eigenvalue weighted by molar-refractivity contribution is 7.89. The SMILES string of the molecule is CNc1ccc(-n2nc(C(F)F)c(-c3ccccc3)c2-c2ccc(S(N)(=O)=O)cc2)cc1. The Morgan fingerprint density at radius 1 is 0.906 bits per heavy atom. The van der Waals surface area contributed by atoms with Gasteiger partial charge in [0.2, 0.25) is 10.0 Å². The Morgan fingerprint density at radius 2 is 1.53 bits per heavy atom. The average molecular weight is 455 g/mol. The molecule has 0 bridgehead atoms. The van der Waals surface area contributed by atoms with E-state index in [1.54, 1.807) is 49.5 Å². The molecule has 0 unspecified atom stereocenters. The first-order chi connectivity index (χ1) is 15.3. The normalized spacial score (nSPS) is 11.7. The lowest BCUT2D eigenvalue weighted by Crippen LogP contribution is -2.11. The molecule has 0 spiro atoms. The van der Waals surface area contributed by atoms with Crippen LogP contribution >= 0.6 is 0 Å². The van der Waals surface area contributed by atoms with Gasteiger partial charge in [-0.2, -0.15) is 5.10 Å². The molecule has 1 aromatic heterocycles. The number of hydrogen-bond acceptors (Lipinski definition) is 4. The number of benzene rings is 3. The van der Waals surface area contributed by atoms with E-state index in [0.29, 0.717) is 22.5 Å². The summed E-state index contributed by atoms with van der Waals surface area (Å²) in [6, 6.07) is 21.7. The number of primary sulfonamides is 1. The van der Waals surface area contributed by atoms with E-state index in [1.165, 1.54) is 28.9 Å². The highest BCUT2D eigenvalue weighted by atomic mass is 32.2. The van der Waals surface area contributed by atoms with E-state index < -0.39 is 16.4 Å². The Balaban J connectivity index is 2.01. The Kier molecular flexibility index (Phi) is 5.77. The summed E-state index contributed by atoms with van der Waals surface area (Å²) in [5, 5.41) is 12.5. The van der Waals surface area contributed by atoms with Crippen molar-refractivity contribution in [1.29, 1.82) is 0 Å². The molecule has 3 N–H and O–H groups in total. The van der Waals surface area contributed by atoms with E-state index in [9.17, 15) is 17.2 Å². The number of hydrogen-bond donors (Lipinski definition) is 2. The van der Waals surface area contributed by atoms with Gasteiger partial charge >= 0.3 is 0 Å². The molecule has 32 heavy (non-hydrogen) atoms. The van der Waals surface area contributed by atoms with Crippen molar-refractivity contribution in [3.05, 3.63) is 84.6 Å². The minimum atomic E-state index is -3.89. The Hall–Kier alpha value is -3.56. The molecule has 4 rings (SSSR count). The number of nitrogens with two attached hydrogens (primary N) is 1. The Labute approximate surface area is 184 Å². The summed E-state index contributed by atoms with van der Waals surface area (Å²) in [6.45, 7) is 0. The highest BCUT2D eigenvalue weighted by Gasteiger charge is 2.27. The molecule has 0 fully saturated rings. The molecular formula is C23H20F2N4O2S. The number of anilines is 1. The summed E-state index contributed by atoms with van der Waals surface area (Å²) in [4.78, 5) is -0.0685. The molecule has 164 valence electrons. The van der Waals surface area contributed by atoms with Gasteiger partial charge in [-0.25, -0.2) is 27.0 Å². The second-order valence-electron chi connectivity index (χ2n) is 7.05. The van der Waals surface area contributed by atoms with Crippen LogP contribution in [0.25, 0.3) is 28.1 Å². The molecule has 4 aromatic rings. The van der Waals surface area contributed by atoms with Crippen LogP contribution in [0.2, 0.25) is 0 Å². The van der Waals surface area contributed by atoms with Gasteiger partial charge in [0.05, 0.1) is 16.3 Å². The average Bonchev–Trinajstić information content (AvgIpc) is 3.20. The molecule has 0 atom stereocenters. The van der Waals surface area contributed by atoms with Crippen molar-refractivity contribution in [1.82, 2.24) is 9.78 Å². The van der Waals surface area contributed by atoms with Gasteiger partial charge in [-0.05, 0) is 42.0 Å². The van der Waals surface area contributed by atoms with Crippen LogP contribution in [-0.4, -0.2) is 25.2 Å². The second kappa shape index (κ2) is 8.52. The maximum atomic E-state index is 14.1. The van der Waals surface area contributed by atoms with Gasteiger partial charge in [0.25, 0.3) is 6.43 Å². The van der Waals surface area contributed by atoms with Gasteiger partial charge in [0.1, 0.15) is 5.69 Å². The van der Waals surface area contributed by atoms with Crippen LogP contribution in [0.4, 0.5) is 14.5 Å². The first-order valence-corrected chi connectivity index (χ1v) is 11.2. The molecule has 3 aromatic carbocycles. The summed E-state index contributed by atoms with van der Waals surface area (Å²) in [7, 11) is -2.11. The van der Waals surface area contributed by atoms with Crippen LogP contribution in [0.15, 0.2) is 83.8 Å². The number of rotatable bonds is 6. The molecular weight excluding hydrogens is 434 g/mol. The quantitative estimate of drug-likeness (QED) is 0.437. The smallest absolute Gasteiger partial charge is 0.282 e. The zero-order chi connectivity index (χ0) is 22.9. The van der Waals surface area contributed by atoms with Crippen molar-refractivity contribution in [3.8, 4) is 28.1 Å². The number of nitrogens with zero attached hydrogens (tertiary/aromatic N) is 2. The maximum Gasteiger partial charge on any atom is 0.282 e. The molecule has 0 saturated carbocycles. The molecule has 1 heterocycles.